The number of hydrogen-bond donors (Lipinski definition) is 0. The Morgan fingerprint density at radius 1 is 1.00 bits per heavy atom. The van der Waals surface area contributed by atoms with E-state index in [1.807, 2.05) is 12.1 Å². The lowest BCUT2D eigenvalue weighted by Crippen LogP contribution is -2.37. The molecule has 7 nitrogen and oxygen atoms in total. The van der Waals surface area contributed by atoms with E-state index in [9.17, 15) is 9.59 Å². The molecule has 2 aromatic carbocycles. The van der Waals surface area contributed by atoms with Crippen LogP contribution in [0.3, 0.4) is 0 Å². The van der Waals surface area contributed by atoms with Crippen LogP contribution in [0.25, 0.3) is 0 Å². The number of halogens is 2. The predicted molar refractivity (Wildman–Crippen MR) is 129 cm³/mol. The van der Waals surface area contributed by atoms with Crippen LogP contribution in [0.1, 0.15) is 45.6 Å². The van der Waals surface area contributed by atoms with Crippen molar-refractivity contribution in [1.29, 1.82) is 0 Å². The number of carbonyl (C=O) groups is 2. The molecule has 0 saturated carbocycles. The van der Waals surface area contributed by atoms with Gasteiger partial charge in [0.1, 0.15) is 18.0 Å². The zero-order chi connectivity index (χ0) is 24.5. The van der Waals surface area contributed by atoms with Crippen molar-refractivity contribution in [2.24, 2.45) is 0 Å². The Labute approximate surface area is 204 Å². The van der Waals surface area contributed by atoms with E-state index in [1.165, 1.54) is 12.1 Å². The third kappa shape index (κ3) is 6.92. The number of amides is 1. The molecule has 0 spiro atoms. The number of methoxy groups -OCH3 is 1. The summed E-state index contributed by atoms with van der Waals surface area (Å²) in [5.41, 5.74) is 1.28. The Morgan fingerprint density at radius 2 is 1.64 bits per heavy atom. The predicted octanol–water partition coefficient (Wildman–Crippen LogP) is 6.83. The Hall–Kier alpha value is -2.64. The minimum atomic E-state index is -0.722. The van der Waals surface area contributed by atoms with Crippen molar-refractivity contribution in [2.45, 2.75) is 40.0 Å². The van der Waals surface area contributed by atoms with Crippen LogP contribution >= 0.6 is 23.2 Å². The minimum absolute atomic E-state index is 0.136. The number of benzene rings is 2. The maximum Gasteiger partial charge on any atom is 0.414 e. The molecule has 1 atom stereocenters. The lowest BCUT2D eigenvalue weighted by molar-refractivity contribution is -0.141. The standard InChI is InChI=1S/C24H29Cl2NO6/c1-6-15(4)18-13-17(9-10-21(18)30-5)33-23-19(25)11-16(12-20(23)26)27(24(29)32-8-3)14-22(28)31-7-2/h9-13,15H,6-8,14H2,1-5H3. The first-order valence-electron chi connectivity index (χ1n) is 10.7. The summed E-state index contributed by atoms with van der Waals surface area (Å²) in [5.74, 6) is 1.21. The summed E-state index contributed by atoms with van der Waals surface area (Å²) in [6.45, 7) is 7.51. The second-order valence-electron chi connectivity index (χ2n) is 7.14. The van der Waals surface area contributed by atoms with Crippen LogP contribution in [0, 0.1) is 0 Å². The fraction of sp³-hybridized carbons (Fsp3) is 0.417. The second-order valence-corrected chi connectivity index (χ2v) is 7.96. The summed E-state index contributed by atoms with van der Waals surface area (Å²) in [5, 5.41) is 0.327. The zero-order valence-corrected chi connectivity index (χ0v) is 21.0. The van der Waals surface area contributed by atoms with Crippen molar-refractivity contribution in [3.8, 4) is 17.2 Å². The largest absolute Gasteiger partial charge is 0.496 e. The van der Waals surface area contributed by atoms with E-state index < -0.39 is 12.1 Å². The highest BCUT2D eigenvalue weighted by Gasteiger charge is 2.24. The number of hydrogen-bond acceptors (Lipinski definition) is 6. The van der Waals surface area contributed by atoms with Crippen molar-refractivity contribution in [2.75, 3.05) is 31.8 Å². The van der Waals surface area contributed by atoms with E-state index in [1.54, 1.807) is 27.0 Å². The van der Waals surface area contributed by atoms with E-state index in [0.29, 0.717) is 5.75 Å². The lowest BCUT2D eigenvalue weighted by atomic mass is 9.97. The topological polar surface area (TPSA) is 74.3 Å². The average Bonchev–Trinajstić information content (AvgIpc) is 2.79. The highest BCUT2D eigenvalue weighted by atomic mass is 35.5. The van der Waals surface area contributed by atoms with Gasteiger partial charge in [-0.15, -0.1) is 0 Å². The van der Waals surface area contributed by atoms with Crippen molar-refractivity contribution in [1.82, 2.24) is 0 Å². The molecule has 0 bridgehead atoms. The van der Waals surface area contributed by atoms with Crippen LogP contribution in [0.15, 0.2) is 30.3 Å². The SMILES string of the molecule is CCOC(=O)CN(C(=O)OCC)c1cc(Cl)c(Oc2ccc(OC)c(C(C)CC)c2)c(Cl)c1. The summed E-state index contributed by atoms with van der Waals surface area (Å²) in [7, 11) is 1.62. The van der Waals surface area contributed by atoms with Gasteiger partial charge >= 0.3 is 12.1 Å². The molecule has 2 rings (SSSR count). The van der Waals surface area contributed by atoms with Crippen LogP contribution < -0.4 is 14.4 Å². The third-order valence-corrected chi connectivity index (χ3v) is 5.50. The quantitative estimate of drug-likeness (QED) is 0.334. The molecule has 1 amide bonds. The molecule has 1 unspecified atom stereocenters. The van der Waals surface area contributed by atoms with Crippen LogP contribution in [0.4, 0.5) is 10.5 Å². The number of rotatable bonds is 10. The molecular weight excluding hydrogens is 469 g/mol. The van der Waals surface area contributed by atoms with E-state index in [0.717, 1.165) is 22.6 Å². The van der Waals surface area contributed by atoms with Gasteiger partial charge < -0.3 is 18.9 Å². The van der Waals surface area contributed by atoms with E-state index in [2.05, 4.69) is 13.8 Å². The van der Waals surface area contributed by atoms with Crippen molar-refractivity contribution in [3.05, 3.63) is 45.9 Å². The molecule has 2 aromatic rings. The number of ether oxygens (including phenoxy) is 4. The molecule has 180 valence electrons. The van der Waals surface area contributed by atoms with Crippen molar-refractivity contribution >= 4 is 41.0 Å². The van der Waals surface area contributed by atoms with E-state index >= 15 is 0 Å². The smallest absolute Gasteiger partial charge is 0.414 e. The van der Waals surface area contributed by atoms with Crippen LogP contribution in [0.2, 0.25) is 10.0 Å². The van der Waals surface area contributed by atoms with Gasteiger partial charge in [0.05, 0.1) is 36.1 Å². The highest BCUT2D eigenvalue weighted by molar-refractivity contribution is 6.37. The minimum Gasteiger partial charge on any atom is -0.496 e. The molecule has 0 radical (unpaired) electrons. The number of anilines is 1. The Balaban J connectivity index is 2.39. The van der Waals surface area contributed by atoms with E-state index in [-0.39, 0.29) is 47.2 Å². The number of nitrogens with zero attached hydrogens (tertiary/aromatic N) is 1. The van der Waals surface area contributed by atoms with Gasteiger partial charge in [-0.2, -0.15) is 0 Å². The fourth-order valence-electron chi connectivity index (χ4n) is 3.10. The molecule has 0 aliphatic rings. The van der Waals surface area contributed by atoms with Gasteiger partial charge in [0.15, 0.2) is 5.75 Å². The van der Waals surface area contributed by atoms with Crippen LogP contribution in [-0.2, 0) is 14.3 Å². The summed E-state index contributed by atoms with van der Waals surface area (Å²) in [4.78, 5) is 25.6. The molecule has 0 aromatic heterocycles. The Kier molecular flexibility index (Phi) is 10.1. The number of esters is 1. The highest BCUT2D eigenvalue weighted by Crippen LogP contribution is 2.41. The van der Waals surface area contributed by atoms with Gasteiger partial charge in [-0.25, -0.2) is 4.79 Å². The first-order valence-corrected chi connectivity index (χ1v) is 11.5. The summed E-state index contributed by atoms with van der Waals surface area (Å²) in [6.07, 6.45) is 0.208. The first kappa shape index (κ1) is 26.6. The fourth-order valence-corrected chi connectivity index (χ4v) is 3.65. The molecule has 0 saturated heterocycles. The summed E-state index contributed by atoms with van der Waals surface area (Å²) >= 11 is 12.9. The molecule has 0 aliphatic heterocycles. The molecule has 0 heterocycles. The summed E-state index contributed by atoms with van der Waals surface area (Å²) < 4.78 is 21.5. The second kappa shape index (κ2) is 12.6. The van der Waals surface area contributed by atoms with Crippen molar-refractivity contribution < 1.29 is 28.5 Å². The third-order valence-electron chi connectivity index (χ3n) is 4.94. The molecular formula is C24H29Cl2NO6. The van der Waals surface area contributed by atoms with Crippen molar-refractivity contribution in [3.63, 3.8) is 0 Å². The van der Waals surface area contributed by atoms with E-state index in [4.69, 9.17) is 42.1 Å². The van der Waals surface area contributed by atoms with Crippen LogP contribution in [-0.4, -0.2) is 38.9 Å². The Bertz CT molecular complexity index is 958. The molecule has 0 fully saturated rings. The molecule has 0 N–H and O–H groups in total. The monoisotopic (exact) mass is 497 g/mol. The number of carbonyl (C=O) groups excluding carboxylic acids is 2. The molecule has 0 aliphatic carbocycles. The van der Waals surface area contributed by atoms with Gasteiger partial charge in [0, 0.05) is 5.56 Å². The van der Waals surface area contributed by atoms with Gasteiger partial charge in [-0.05, 0) is 56.5 Å². The van der Waals surface area contributed by atoms with Gasteiger partial charge in [-0.3, -0.25) is 9.69 Å². The maximum absolute atomic E-state index is 12.4. The maximum atomic E-state index is 12.4. The Morgan fingerprint density at radius 3 is 2.18 bits per heavy atom. The summed E-state index contributed by atoms with van der Waals surface area (Å²) in [6, 6.07) is 8.45. The molecule has 33 heavy (non-hydrogen) atoms. The van der Waals surface area contributed by atoms with Gasteiger partial charge in [0.2, 0.25) is 0 Å². The zero-order valence-electron chi connectivity index (χ0n) is 19.4. The molecule has 9 heteroatoms. The van der Waals surface area contributed by atoms with Crippen LogP contribution in [0.5, 0.6) is 17.2 Å². The lowest BCUT2D eigenvalue weighted by Gasteiger charge is -2.22. The average molecular weight is 498 g/mol. The van der Waals surface area contributed by atoms with Gasteiger partial charge in [0.25, 0.3) is 0 Å². The normalized spacial score (nSPS) is 11.5. The first-order chi connectivity index (χ1) is 15.7. The van der Waals surface area contributed by atoms with Gasteiger partial charge in [-0.1, -0.05) is 37.0 Å².